The summed E-state index contributed by atoms with van der Waals surface area (Å²) in [5.74, 6) is 0. The highest BCUT2D eigenvalue weighted by Gasteiger charge is 2.32. The lowest BCUT2D eigenvalue weighted by Gasteiger charge is -2.25. The summed E-state index contributed by atoms with van der Waals surface area (Å²) in [5, 5.41) is 13.8. The van der Waals surface area contributed by atoms with Crippen molar-refractivity contribution >= 4 is 0 Å². The maximum absolute atomic E-state index is 10.7. The van der Waals surface area contributed by atoms with E-state index in [1.165, 1.54) is 0 Å². The van der Waals surface area contributed by atoms with Crippen LogP contribution in [0.5, 0.6) is 0 Å². The van der Waals surface area contributed by atoms with Gasteiger partial charge < -0.3 is 10.1 Å². The molecule has 1 aliphatic heterocycles. The fraction of sp³-hybridized carbons (Fsp3) is 1.00. The smallest absolute Gasteiger partial charge is 0.240 e. The molecule has 1 saturated heterocycles. The van der Waals surface area contributed by atoms with Crippen LogP contribution in [-0.2, 0) is 4.74 Å². The average Bonchev–Trinajstić information content (AvgIpc) is 2.15. The van der Waals surface area contributed by atoms with Crippen molar-refractivity contribution in [1.29, 1.82) is 0 Å². The standard InChI is InChI=1S/C8H16N2O3/c1-2-3-7(10(11)12)8-6-9-4-5-13-8/h7-9H,2-6H2,1H3. The highest BCUT2D eigenvalue weighted by molar-refractivity contribution is 4.75. The average molecular weight is 188 g/mol. The first-order valence-corrected chi connectivity index (χ1v) is 4.71. The van der Waals surface area contributed by atoms with Gasteiger partial charge in [0.2, 0.25) is 6.04 Å². The summed E-state index contributed by atoms with van der Waals surface area (Å²) in [6.45, 7) is 3.93. The minimum atomic E-state index is -0.544. The van der Waals surface area contributed by atoms with Gasteiger partial charge in [-0.2, -0.15) is 0 Å². The van der Waals surface area contributed by atoms with Crippen LogP contribution in [0, 0.1) is 10.1 Å². The van der Waals surface area contributed by atoms with Gasteiger partial charge in [-0.1, -0.05) is 6.92 Å². The number of nitrogens with one attached hydrogen (secondary N) is 1. The van der Waals surface area contributed by atoms with Crippen LogP contribution in [0.2, 0.25) is 0 Å². The van der Waals surface area contributed by atoms with Crippen molar-refractivity contribution in [2.24, 2.45) is 0 Å². The molecule has 0 saturated carbocycles. The van der Waals surface area contributed by atoms with E-state index in [-0.39, 0.29) is 11.0 Å². The summed E-state index contributed by atoms with van der Waals surface area (Å²) in [6.07, 6.45) is 1.17. The van der Waals surface area contributed by atoms with Crippen molar-refractivity contribution in [2.75, 3.05) is 19.7 Å². The van der Waals surface area contributed by atoms with E-state index in [0.717, 1.165) is 13.0 Å². The third kappa shape index (κ3) is 2.93. The Balaban J connectivity index is 2.46. The second-order valence-electron chi connectivity index (χ2n) is 3.25. The Bertz CT molecular complexity index is 169. The van der Waals surface area contributed by atoms with Crippen LogP contribution in [0.3, 0.4) is 0 Å². The van der Waals surface area contributed by atoms with Gasteiger partial charge in [-0.05, 0) is 6.42 Å². The van der Waals surface area contributed by atoms with Crippen molar-refractivity contribution in [3.63, 3.8) is 0 Å². The van der Waals surface area contributed by atoms with Crippen molar-refractivity contribution < 1.29 is 9.66 Å². The number of nitro groups is 1. The van der Waals surface area contributed by atoms with Crippen LogP contribution >= 0.6 is 0 Å². The topological polar surface area (TPSA) is 64.4 Å². The van der Waals surface area contributed by atoms with Gasteiger partial charge in [-0.15, -0.1) is 0 Å². The van der Waals surface area contributed by atoms with E-state index in [4.69, 9.17) is 4.74 Å². The third-order valence-corrected chi connectivity index (χ3v) is 2.24. The SMILES string of the molecule is CCCC(C1CNCCO1)[N+](=O)[O-]. The summed E-state index contributed by atoms with van der Waals surface area (Å²) in [6, 6.07) is -0.544. The van der Waals surface area contributed by atoms with Gasteiger partial charge in [-0.3, -0.25) is 10.1 Å². The van der Waals surface area contributed by atoms with Crippen LogP contribution in [-0.4, -0.2) is 36.8 Å². The number of rotatable bonds is 4. The highest BCUT2D eigenvalue weighted by Crippen LogP contribution is 2.11. The van der Waals surface area contributed by atoms with Crippen LogP contribution in [0.15, 0.2) is 0 Å². The van der Waals surface area contributed by atoms with Crippen LogP contribution in [0.25, 0.3) is 0 Å². The Kier molecular flexibility index (Phi) is 4.11. The maximum atomic E-state index is 10.7. The molecule has 1 fully saturated rings. The number of nitrogens with zero attached hydrogens (tertiary/aromatic N) is 1. The maximum Gasteiger partial charge on any atom is 0.240 e. The summed E-state index contributed by atoms with van der Waals surface area (Å²) in [7, 11) is 0. The van der Waals surface area contributed by atoms with Gasteiger partial charge in [-0.25, -0.2) is 0 Å². The second kappa shape index (κ2) is 5.14. The molecule has 2 atom stereocenters. The summed E-state index contributed by atoms with van der Waals surface area (Å²) in [4.78, 5) is 10.5. The molecular formula is C8H16N2O3. The Morgan fingerprint density at radius 2 is 2.54 bits per heavy atom. The molecule has 0 aromatic heterocycles. The van der Waals surface area contributed by atoms with E-state index >= 15 is 0 Å². The molecule has 76 valence electrons. The Labute approximate surface area is 77.6 Å². The van der Waals surface area contributed by atoms with Crippen molar-refractivity contribution in [3.8, 4) is 0 Å². The molecule has 0 bridgehead atoms. The second-order valence-corrected chi connectivity index (χ2v) is 3.25. The summed E-state index contributed by atoms with van der Waals surface area (Å²) in [5.41, 5.74) is 0. The minimum absolute atomic E-state index is 0.221. The molecule has 0 radical (unpaired) electrons. The molecule has 0 amide bonds. The summed E-state index contributed by atoms with van der Waals surface area (Å²) >= 11 is 0. The fourth-order valence-electron chi connectivity index (χ4n) is 1.56. The zero-order chi connectivity index (χ0) is 9.68. The van der Waals surface area contributed by atoms with E-state index in [1.807, 2.05) is 6.92 Å². The number of morpholine rings is 1. The molecule has 0 aromatic carbocycles. The van der Waals surface area contributed by atoms with Gasteiger partial charge >= 0.3 is 0 Å². The molecule has 0 aliphatic carbocycles. The van der Waals surface area contributed by atoms with E-state index < -0.39 is 6.04 Å². The fourth-order valence-corrected chi connectivity index (χ4v) is 1.56. The number of hydrogen-bond acceptors (Lipinski definition) is 4. The van der Waals surface area contributed by atoms with E-state index in [9.17, 15) is 10.1 Å². The molecule has 1 aliphatic rings. The first-order valence-electron chi connectivity index (χ1n) is 4.71. The molecule has 0 aromatic rings. The molecule has 1 rings (SSSR count). The molecule has 13 heavy (non-hydrogen) atoms. The van der Waals surface area contributed by atoms with Gasteiger partial charge in [0.15, 0.2) is 0 Å². The van der Waals surface area contributed by atoms with E-state index in [0.29, 0.717) is 19.6 Å². The molecule has 1 heterocycles. The quantitative estimate of drug-likeness (QED) is 0.513. The molecule has 2 unspecified atom stereocenters. The number of ether oxygens (including phenoxy) is 1. The first-order chi connectivity index (χ1) is 6.25. The van der Waals surface area contributed by atoms with Crippen LogP contribution in [0.1, 0.15) is 19.8 Å². The van der Waals surface area contributed by atoms with Gasteiger partial charge in [0, 0.05) is 24.4 Å². The normalized spacial score (nSPS) is 25.5. The first kappa shape index (κ1) is 10.4. The largest absolute Gasteiger partial charge is 0.368 e. The molecule has 1 N–H and O–H groups in total. The summed E-state index contributed by atoms with van der Waals surface area (Å²) < 4.78 is 5.35. The third-order valence-electron chi connectivity index (χ3n) is 2.24. The van der Waals surface area contributed by atoms with Crippen molar-refractivity contribution in [2.45, 2.75) is 31.9 Å². The Hall–Kier alpha value is -0.680. The lowest BCUT2D eigenvalue weighted by atomic mass is 10.1. The van der Waals surface area contributed by atoms with E-state index in [2.05, 4.69) is 5.32 Å². The predicted octanol–water partition coefficient (Wildman–Crippen LogP) is 0.420. The Morgan fingerprint density at radius 1 is 1.77 bits per heavy atom. The van der Waals surface area contributed by atoms with Gasteiger partial charge in [0.1, 0.15) is 6.10 Å². The van der Waals surface area contributed by atoms with E-state index in [1.54, 1.807) is 0 Å². The molecule has 0 spiro atoms. The van der Waals surface area contributed by atoms with Crippen LogP contribution in [0.4, 0.5) is 0 Å². The van der Waals surface area contributed by atoms with Gasteiger partial charge in [0.05, 0.1) is 6.61 Å². The van der Waals surface area contributed by atoms with Crippen LogP contribution < -0.4 is 5.32 Å². The zero-order valence-electron chi connectivity index (χ0n) is 7.86. The predicted molar refractivity (Wildman–Crippen MR) is 48.3 cm³/mol. The lowest BCUT2D eigenvalue weighted by molar-refractivity contribution is -0.536. The van der Waals surface area contributed by atoms with Gasteiger partial charge in [0.25, 0.3) is 0 Å². The monoisotopic (exact) mass is 188 g/mol. The molecular weight excluding hydrogens is 172 g/mol. The van der Waals surface area contributed by atoms with Crippen molar-refractivity contribution in [1.82, 2.24) is 5.32 Å². The lowest BCUT2D eigenvalue weighted by Crippen LogP contribution is -2.47. The molecule has 5 nitrogen and oxygen atoms in total. The van der Waals surface area contributed by atoms with Crippen molar-refractivity contribution in [3.05, 3.63) is 10.1 Å². The minimum Gasteiger partial charge on any atom is -0.368 e. The Morgan fingerprint density at radius 3 is 3.00 bits per heavy atom. The molecule has 5 heteroatoms. The number of hydrogen-bond donors (Lipinski definition) is 1. The highest BCUT2D eigenvalue weighted by atomic mass is 16.6. The zero-order valence-corrected chi connectivity index (χ0v) is 7.86.